The maximum absolute atomic E-state index is 11.4. The molecule has 1 aromatic rings. The molecule has 1 aliphatic carbocycles. The Balaban J connectivity index is 2.03. The molecule has 1 saturated carbocycles. The standard InChI is InChI=1S/C16H23NO2/c1-15(2)12(16(15,3)4)10-17-13(14(18)19)11-8-6-5-7-9-11/h5-9,12-13,17H,10H2,1-4H3,(H,18,19). The molecule has 2 N–H and O–H groups in total. The molecule has 0 aromatic heterocycles. The molecule has 0 aliphatic heterocycles. The summed E-state index contributed by atoms with van der Waals surface area (Å²) >= 11 is 0. The third-order valence-corrected chi connectivity index (χ3v) is 5.23. The molecule has 1 fully saturated rings. The van der Waals surface area contributed by atoms with Gasteiger partial charge in [-0.2, -0.15) is 0 Å². The first kappa shape index (κ1) is 14.1. The Morgan fingerprint density at radius 1 is 1.21 bits per heavy atom. The van der Waals surface area contributed by atoms with Crippen molar-refractivity contribution in [3.8, 4) is 0 Å². The first-order chi connectivity index (χ1) is 8.78. The largest absolute Gasteiger partial charge is 0.480 e. The number of carboxylic acid groups (broad SMARTS) is 1. The second-order valence-corrected chi connectivity index (χ2v) is 6.59. The van der Waals surface area contributed by atoms with Crippen LogP contribution >= 0.6 is 0 Å². The number of nitrogens with one attached hydrogen (secondary N) is 1. The van der Waals surface area contributed by atoms with Gasteiger partial charge in [-0.05, 0) is 22.3 Å². The van der Waals surface area contributed by atoms with Gasteiger partial charge in [0.2, 0.25) is 0 Å². The molecular weight excluding hydrogens is 238 g/mol. The molecule has 3 heteroatoms. The number of carboxylic acids is 1. The quantitative estimate of drug-likeness (QED) is 0.856. The van der Waals surface area contributed by atoms with E-state index < -0.39 is 12.0 Å². The minimum atomic E-state index is -0.817. The van der Waals surface area contributed by atoms with E-state index in [9.17, 15) is 9.90 Å². The van der Waals surface area contributed by atoms with E-state index in [-0.39, 0.29) is 10.8 Å². The maximum Gasteiger partial charge on any atom is 0.325 e. The average molecular weight is 261 g/mol. The monoisotopic (exact) mass is 261 g/mol. The highest BCUT2D eigenvalue weighted by molar-refractivity contribution is 5.75. The van der Waals surface area contributed by atoms with Crippen molar-refractivity contribution >= 4 is 5.97 Å². The van der Waals surface area contributed by atoms with Crippen molar-refractivity contribution in [3.05, 3.63) is 35.9 Å². The summed E-state index contributed by atoms with van der Waals surface area (Å²) in [4.78, 5) is 11.4. The Hall–Kier alpha value is -1.35. The lowest BCUT2D eigenvalue weighted by Gasteiger charge is -2.15. The van der Waals surface area contributed by atoms with Gasteiger partial charge in [0.05, 0.1) is 0 Å². The van der Waals surface area contributed by atoms with Crippen LogP contribution in [-0.4, -0.2) is 17.6 Å². The number of hydrogen-bond acceptors (Lipinski definition) is 2. The number of carbonyl (C=O) groups is 1. The fourth-order valence-electron chi connectivity index (χ4n) is 3.07. The van der Waals surface area contributed by atoms with E-state index in [1.54, 1.807) is 0 Å². The molecule has 0 bridgehead atoms. The molecule has 2 rings (SSSR count). The highest BCUT2D eigenvalue weighted by Crippen LogP contribution is 2.68. The molecule has 0 spiro atoms. The van der Waals surface area contributed by atoms with Gasteiger partial charge in [0.1, 0.15) is 6.04 Å². The zero-order valence-corrected chi connectivity index (χ0v) is 12.1. The van der Waals surface area contributed by atoms with Gasteiger partial charge in [0, 0.05) is 6.54 Å². The van der Waals surface area contributed by atoms with Gasteiger partial charge >= 0.3 is 5.97 Å². The van der Waals surface area contributed by atoms with Crippen LogP contribution in [0.2, 0.25) is 0 Å². The molecular formula is C16H23NO2. The molecule has 1 unspecified atom stereocenters. The molecule has 104 valence electrons. The second-order valence-electron chi connectivity index (χ2n) is 6.59. The molecule has 0 heterocycles. The van der Waals surface area contributed by atoms with Crippen molar-refractivity contribution < 1.29 is 9.90 Å². The zero-order chi connectivity index (χ0) is 14.3. The minimum absolute atomic E-state index is 0.278. The van der Waals surface area contributed by atoms with Crippen LogP contribution in [-0.2, 0) is 4.79 Å². The number of hydrogen-bond donors (Lipinski definition) is 2. The molecule has 1 aliphatic rings. The first-order valence-corrected chi connectivity index (χ1v) is 6.79. The van der Waals surface area contributed by atoms with Crippen LogP contribution < -0.4 is 5.32 Å². The lowest BCUT2D eigenvalue weighted by Crippen LogP contribution is -2.31. The summed E-state index contributed by atoms with van der Waals surface area (Å²) in [7, 11) is 0. The Labute approximate surface area is 115 Å². The Morgan fingerprint density at radius 3 is 2.16 bits per heavy atom. The van der Waals surface area contributed by atoms with Crippen LogP contribution in [0.5, 0.6) is 0 Å². The predicted molar refractivity (Wildman–Crippen MR) is 75.9 cm³/mol. The molecule has 0 amide bonds. The van der Waals surface area contributed by atoms with E-state index in [0.29, 0.717) is 5.92 Å². The molecule has 19 heavy (non-hydrogen) atoms. The van der Waals surface area contributed by atoms with Crippen LogP contribution in [0.1, 0.15) is 39.3 Å². The van der Waals surface area contributed by atoms with Crippen LogP contribution in [0.15, 0.2) is 30.3 Å². The summed E-state index contributed by atoms with van der Waals surface area (Å²) in [6.45, 7) is 9.73. The predicted octanol–water partition coefficient (Wildman–Crippen LogP) is 3.08. The van der Waals surface area contributed by atoms with Crippen molar-refractivity contribution in [1.29, 1.82) is 0 Å². The van der Waals surface area contributed by atoms with E-state index in [1.165, 1.54) is 0 Å². The zero-order valence-electron chi connectivity index (χ0n) is 12.1. The summed E-state index contributed by atoms with van der Waals surface area (Å²) in [5.41, 5.74) is 1.37. The number of aliphatic carboxylic acids is 1. The van der Waals surface area contributed by atoms with Crippen molar-refractivity contribution in [2.45, 2.75) is 33.7 Å². The molecule has 0 saturated heterocycles. The van der Waals surface area contributed by atoms with E-state index in [0.717, 1.165) is 12.1 Å². The van der Waals surface area contributed by atoms with Crippen LogP contribution in [0.4, 0.5) is 0 Å². The fraction of sp³-hybridized carbons (Fsp3) is 0.562. The van der Waals surface area contributed by atoms with Gasteiger partial charge in [0.25, 0.3) is 0 Å². The summed E-state index contributed by atoms with van der Waals surface area (Å²) in [6.07, 6.45) is 0. The highest BCUT2D eigenvalue weighted by atomic mass is 16.4. The Morgan fingerprint density at radius 2 is 1.74 bits per heavy atom. The summed E-state index contributed by atoms with van der Waals surface area (Å²) in [5.74, 6) is -0.298. The third kappa shape index (κ3) is 2.39. The Bertz CT molecular complexity index is 451. The van der Waals surface area contributed by atoms with Crippen molar-refractivity contribution in [1.82, 2.24) is 5.32 Å². The van der Waals surface area contributed by atoms with Gasteiger partial charge in [-0.25, -0.2) is 0 Å². The van der Waals surface area contributed by atoms with Gasteiger partial charge in [-0.1, -0.05) is 58.0 Å². The van der Waals surface area contributed by atoms with Crippen molar-refractivity contribution in [2.24, 2.45) is 16.7 Å². The average Bonchev–Trinajstić information content (AvgIpc) is 2.72. The topological polar surface area (TPSA) is 49.3 Å². The lowest BCUT2D eigenvalue weighted by atomic mass is 10.0. The number of benzene rings is 1. The van der Waals surface area contributed by atoms with Gasteiger partial charge < -0.3 is 10.4 Å². The van der Waals surface area contributed by atoms with Gasteiger partial charge in [0.15, 0.2) is 0 Å². The van der Waals surface area contributed by atoms with E-state index >= 15 is 0 Å². The van der Waals surface area contributed by atoms with Crippen molar-refractivity contribution in [2.75, 3.05) is 6.54 Å². The second kappa shape index (κ2) is 4.64. The smallest absolute Gasteiger partial charge is 0.325 e. The van der Waals surface area contributed by atoms with Gasteiger partial charge in [-0.3, -0.25) is 4.79 Å². The van der Waals surface area contributed by atoms with Gasteiger partial charge in [-0.15, -0.1) is 0 Å². The molecule has 0 radical (unpaired) electrons. The Kier molecular flexibility index (Phi) is 3.43. The summed E-state index contributed by atoms with van der Waals surface area (Å²) in [6, 6.07) is 8.74. The molecule has 3 nitrogen and oxygen atoms in total. The lowest BCUT2D eigenvalue weighted by molar-refractivity contribution is -0.139. The van der Waals surface area contributed by atoms with E-state index in [2.05, 4.69) is 33.0 Å². The first-order valence-electron chi connectivity index (χ1n) is 6.79. The minimum Gasteiger partial charge on any atom is -0.480 e. The summed E-state index contributed by atoms with van der Waals surface area (Å²) < 4.78 is 0. The summed E-state index contributed by atoms with van der Waals surface area (Å²) in [5, 5.41) is 12.6. The SMILES string of the molecule is CC1(C)C(CNC(C(=O)O)c2ccccc2)C1(C)C. The number of rotatable bonds is 5. The van der Waals surface area contributed by atoms with Crippen molar-refractivity contribution in [3.63, 3.8) is 0 Å². The fourth-order valence-corrected chi connectivity index (χ4v) is 3.07. The third-order valence-electron chi connectivity index (χ3n) is 5.23. The van der Waals surface area contributed by atoms with Crippen LogP contribution in [0.25, 0.3) is 0 Å². The maximum atomic E-state index is 11.4. The molecule has 1 aromatic carbocycles. The highest BCUT2D eigenvalue weighted by Gasteiger charge is 2.64. The van der Waals surface area contributed by atoms with E-state index in [1.807, 2.05) is 30.3 Å². The van der Waals surface area contributed by atoms with Crippen LogP contribution in [0.3, 0.4) is 0 Å². The molecule has 1 atom stereocenters. The van der Waals surface area contributed by atoms with Crippen LogP contribution in [0, 0.1) is 16.7 Å². The normalized spacial score (nSPS) is 21.9. The van der Waals surface area contributed by atoms with E-state index in [4.69, 9.17) is 0 Å².